The van der Waals surface area contributed by atoms with Gasteiger partial charge in [-0.1, -0.05) is 36.4 Å². The summed E-state index contributed by atoms with van der Waals surface area (Å²) in [5.41, 5.74) is -0.561. The van der Waals surface area contributed by atoms with E-state index in [4.69, 9.17) is 9.47 Å². The van der Waals surface area contributed by atoms with E-state index in [0.717, 1.165) is 10.8 Å². The first kappa shape index (κ1) is 17.1. The third-order valence-electron chi connectivity index (χ3n) is 3.06. The van der Waals surface area contributed by atoms with Crippen LogP contribution in [0.2, 0.25) is 0 Å². The van der Waals surface area contributed by atoms with Crippen LogP contribution in [-0.2, 0) is 4.74 Å². The highest BCUT2D eigenvalue weighted by molar-refractivity contribution is 5.88. The quantitative estimate of drug-likeness (QED) is 0.889. The molecule has 2 aromatic rings. The standard InChI is InChI=1S/C18H23NO4/c1-18(2,3)23-17(21)19-11-14(20)12-22-16-10-6-8-13-7-4-5-9-15(13)16/h4-10,14,20H,11-12H2,1-3H3,(H,19,21). The zero-order valence-electron chi connectivity index (χ0n) is 13.7. The maximum Gasteiger partial charge on any atom is 0.407 e. The second-order valence-corrected chi connectivity index (χ2v) is 6.32. The average Bonchev–Trinajstić information content (AvgIpc) is 2.49. The van der Waals surface area contributed by atoms with Crippen molar-refractivity contribution in [2.24, 2.45) is 0 Å². The molecule has 0 saturated carbocycles. The first-order valence-corrected chi connectivity index (χ1v) is 7.60. The molecule has 2 N–H and O–H groups in total. The Morgan fingerprint density at radius 1 is 1.17 bits per heavy atom. The van der Waals surface area contributed by atoms with E-state index in [-0.39, 0.29) is 13.2 Å². The van der Waals surface area contributed by atoms with Crippen LogP contribution in [-0.4, -0.2) is 36.1 Å². The molecule has 5 nitrogen and oxygen atoms in total. The van der Waals surface area contributed by atoms with Crippen molar-refractivity contribution in [3.8, 4) is 5.75 Å². The third kappa shape index (κ3) is 5.45. The van der Waals surface area contributed by atoms with Gasteiger partial charge in [-0.15, -0.1) is 0 Å². The van der Waals surface area contributed by atoms with Crippen LogP contribution in [0.25, 0.3) is 10.8 Å². The number of ether oxygens (including phenoxy) is 2. The van der Waals surface area contributed by atoms with Crippen LogP contribution in [0, 0.1) is 0 Å². The summed E-state index contributed by atoms with van der Waals surface area (Å²) < 4.78 is 10.8. The van der Waals surface area contributed by atoms with Crippen LogP contribution in [0.4, 0.5) is 4.79 Å². The van der Waals surface area contributed by atoms with E-state index < -0.39 is 17.8 Å². The van der Waals surface area contributed by atoms with Gasteiger partial charge in [-0.25, -0.2) is 4.79 Å². The molecular formula is C18H23NO4. The molecule has 1 amide bonds. The molecule has 1 atom stereocenters. The Balaban J connectivity index is 1.84. The van der Waals surface area contributed by atoms with Crippen LogP contribution in [0.3, 0.4) is 0 Å². The van der Waals surface area contributed by atoms with Gasteiger partial charge in [0, 0.05) is 5.39 Å². The molecule has 0 radical (unpaired) electrons. The second kappa shape index (κ2) is 7.33. The lowest BCUT2D eigenvalue weighted by molar-refractivity contribution is 0.0463. The minimum atomic E-state index is -0.818. The largest absolute Gasteiger partial charge is 0.490 e. The summed E-state index contributed by atoms with van der Waals surface area (Å²) >= 11 is 0. The van der Waals surface area contributed by atoms with Gasteiger partial charge in [0.05, 0.1) is 6.54 Å². The molecule has 0 aliphatic rings. The van der Waals surface area contributed by atoms with Gasteiger partial charge in [-0.05, 0) is 32.2 Å². The topological polar surface area (TPSA) is 67.8 Å². The van der Waals surface area contributed by atoms with Gasteiger partial charge in [-0.2, -0.15) is 0 Å². The van der Waals surface area contributed by atoms with Crippen molar-refractivity contribution in [3.63, 3.8) is 0 Å². The van der Waals surface area contributed by atoms with Crippen molar-refractivity contribution in [1.29, 1.82) is 0 Å². The van der Waals surface area contributed by atoms with Crippen molar-refractivity contribution in [3.05, 3.63) is 42.5 Å². The van der Waals surface area contributed by atoms with Crippen molar-refractivity contribution in [1.82, 2.24) is 5.32 Å². The van der Waals surface area contributed by atoms with E-state index in [2.05, 4.69) is 5.32 Å². The smallest absolute Gasteiger partial charge is 0.407 e. The van der Waals surface area contributed by atoms with E-state index in [0.29, 0.717) is 5.75 Å². The molecule has 0 bridgehead atoms. The molecule has 0 aliphatic heterocycles. The number of nitrogens with one attached hydrogen (secondary N) is 1. The number of carbonyl (C=O) groups excluding carboxylic acids is 1. The van der Waals surface area contributed by atoms with Gasteiger partial charge >= 0.3 is 6.09 Å². The van der Waals surface area contributed by atoms with E-state index in [9.17, 15) is 9.90 Å². The summed E-state index contributed by atoms with van der Waals surface area (Å²) in [6, 6.07) is 13.6. The highest BCUT2D eigenvalue weighted by atomic mass is 16.6. The summed E-state index contributed by atoms with van der Waals surface area (Å²) in [5, 5.41) is 14.5. The fraction of sp³-hybridized carbons (Fsp3) is 0.389. The first-order valence-electron chi connectivity index (χ1n) is 7.60. The minimum absolute atomic E-state index is 0.0691. The number of carbonyl (C=O) groups is 1. The summed E-state index contributed by atoms with van der Waals surface area (Å²) in [7, 11) is 0. The lowest BCUT2D eigenvalue weighted by Crippen LogP contribution is -2.38. The summed E-state index contributed by atoms with van der Waals surface area (Å²) in [6.45, 7) is 5.51. The van der Waals surface area contributed by atoms with E-state index in [1.165, 1.54) is 0 Å². The minimum Gasteiger partial charge on any atom is -0.490 e. The number of fused-ring (bicyclic) bond motifs is 1. The predicted molar refractivity (Wildman–Crippen MR) is 89.7 cm³/mol. The molecule has 5 heteroatoms. The number of rotatable bonds is 5. The van der Waals surface area contributed by atoms with Crippen LogP contribution in [0.1, 0.15) is 20.8 Å². The van der Waals surface area contributed by atoms with Crippen molar-refractivity contribution in [2.75, 3.05) is 13.2 Å². The number of hydrogen-bond acceptors (Lipinski definition) is 4. The van der Waals surface area contributed by atoms with Crippen LogP contribution >= 0.6 is 0 Å². The fourth-order valence-corrected chi connectivity index (χ4v) is 2.08. The SMILES string of the molecule is CC(C)(C)OC(=O)NCC(O)COc1cccc2ccccc12. The Kier molecular flexibility index (Phi) is 5.45. The molecule has 2 aromatic carbocycles. The lowest BCUT2D eigenvalue weighted by Gasteiger charge is -2.20. The van der Waals surface area contributed by atoms with Crippen molar-refractivity contribution >= 4 is 16.9 Å². The van der Waals surface area contributed by atoms with E-state index >= 15 is 0 Å². The number of amides is 1. The average molecular weight is 317 g/mol. The number of alkyl carbamates (subject to hydrolysis) is 1. The van der Waals surface area contributed by atoms with Crippen LogP contribution in [0.5, 0.6) is 5.75 Å². The summed E-state index contributed by atoms with van der Waals surface area (Å²) in [4.78, 5) is 11.5. The Morgan fingerprint density at radius 2 is 1.87 bits per heavy atom. The molecule has 124 valence electrons. The molecule has 1 unspecified atom stereocenters. The molecule has 0 heterocycles. The van der Waals surface area contributed by atoms with Gasteiger partial charge in [0.15, 0.2) is 0 Å². The molecule has 0 spiro atoms. The van der Waals surface area contributed by atoms with Gasteiger partial charge in [0.1, 0.15) is 24.1 Å². The molecule has 0 fully saturated rings. The first-order chi connectivity index (χ1) is 10.8. The van der Waals surface area contributed by atoms with E-state index in [1.807, 2.05) is 42.5 Å². The summed E-state index contributed by atoms with van der Waals surface area (Å²) in [5.74, 6) is 0.708. The molecule has 0 aliphatic carbocycles. The molecule has 0 saturated heterocycles. The molecule has 0 aromatic heterocycles. The van der Waals surface area contributed by atoms with Crippen molar-refractivity contribution in [2.45, 2.75) is 32.5 Å². The Morgan fingerprint density at radius 3 is 2.61 bits per heavy atom. The molecule has 2 rings (SSSR count). The fourth-order valence-electron chi connectivity index (χ4n) is 2.08. The van der Waals surface area contributed by atoms with Gasteiger partial charge in [0.25, 0.3) is 0 Å². The Hall–Kier alpha value is -2.27. The number of aliphatic hydroxyl groups excluding tert-OH is 1. The monoisotopic (exact) mass is 317 g/mol. The van der Waals surface area contributed by atoms with Crippen LogP contribution < -0.4 is 10.1 Å². The highest BCUT2D eigenvalue weighted by Crippen LogP contribution is 2.25. The zero-order chi connectivity index (χ0) is 16.9. The van der Waals surface area contributed by atoms with Crippen LogP contribution in [0.15, 0.2) is 42.5 Å². The lowest BCUT2D eigenvalue weighted by atomic mass is 10.1. The predicted octanol–water partition coefficient (Wildman–Crippen LogP) is 3.10. The Bertz CT molecular complexity index is 658. The maximum absolute atomic E-state index is 11.5. The van der Waals surface area contributed by atoms with Gasteiger partial charge in [0.2, 0.25) is 0 Å². The maximum atomic E-state index is 11.5. The molecule has 23 heavy (non-hydrogen) atoms. The number of hydrogen-bond donors (Lipinski definition) is 2. The van der Waals surface area contributed by atoms with Crippen molar-refractivity contribution < 1.29 is 19.4 Å². The Labute approximate surface area is 136 Å². The molecular weight excluding hydrogens is 294 g/mol. The zero-order valence-corrected chi connectivity index (χ0v) is 13.7. The normalized spacial score (nSPS) is 12.7. The third-order valence-corrected chi connectivity index (χ3v) is 3.06. The number of aliphatic hydroxyl groups is 1. The highest BCUT2D eigenvalue weighted by Gasteiger charge is 2.17. The second-order valence-electron chi connectivity index (χ2n) is 6.32. The number of benzene rings is 2. The van der Waals surface area contributed by atoms with E-state index in [1.54, 1.807) is 20.8 Å². The summed E-state index contributed by atoms with van der Waals surface area (Å²) in [6.07, 6.45) is -1.37. The van der Waals surface area contributed by atoms with Gasteiger partial charge < -0.3 is 19.9 Å². The van der Waals surface area contributed by atoms with Gasteiger partial charge in [-0.3, -0.25) is 0 Å².